The van der Waals surface area contributed by atoms with Crippen LogP contribution in [-0.4, -0.2) is 135 Å². The summed E-state index contributed by atoms with van der Waals surface area (Å²) in [6.45, 7) is 16.9. The Morgan fingerprint density at radius 1 is 0.484 bits per heavy atom. The number of carbonyl (C=O) groups excluding carboxylic acids is 2. The van der Waals surface area contributed by atoms with E-state index in [1.54, 1.807) is 165 Å². The molecule has 2 amide bonds. The van der Waals surface area contributed by atoms with E-state index in [1.165, 1.54) is 16.1 Å². The fourth-order valence-corrected chi connectivity index (χ4v) is 14.7. The molecule has 3 atom stereocenters. The average molecular weight is 1640 g/mol. The van der Waals surface area contributed by atoms with Gasteiger partial charge in [0.05, 0.1) is 126 Å². The third-order valence-corrected chi connectivity index (χ3v) is 21.4. The Kier molecular flexibility index (Phi) is 22.9. The first-order chi connectivity index (χ1) is 58.8. The maximum atomic E-state index is 14.3. The minimum atomic E-state index is -3.65. The molecule has 12 aromatic heterocycles. The van der Waals surface area contributed by atoms with Gasteiger partial charge in [0.1, 0.15) is 28.6 Å². The van der Waals surface area contributed by atoms with Crippen molar-refractivity contribution in [2.24, 2.45) is 21.1 Å². The van der Waals surface area contributed by atoms with Crippen LogP contribution < -0.4 is 37.4 Å². The molecule has 122 heavy (non-hydrogen) atoms. The number of fused-ring (bicyclic) bond motifs is 6. The van der Waals surface area contributed by atoms with Crippen LogP contribution >= 0.6 is 0 Å². The summed E-state index contributed by atoms with van der Waals surface area (Å²) in [4.78, 5) is 97.0. The zero-order chi connectivity index (χ0) is 85.8. The number of rotatable bonds is 16. The summed E-state index contributed by atoms with van der Waals surface area (Å²) in [5, 5.41) is 36.1. The maximum Gasteiger partial charge on any atom is 0.267 e. The SMILES string of the molecule is C=C(N[C@@H](C)c1nc2cccc(C#Cc3cnn(C)c3)c2c(=O)n1-c1ccccc1)c1cnn2c(C)ccnc12.CNS(=O)(=O)CCn1c([C@H](C)NC(=O)c2c(C)nn3cccnc23)nc2cccc(C#Cc3cnn(C)c3)c2c1=O.Cc1ccccc1-n1c([C@H](C)NC(=O)c2c(C)nn3cccnc23)nc2cccc(C#Cc3cnn(C)c3)c2c1=O. The molecule has 0 radical (unpaired) electrons. The van der Waals surface area contributed by atoms with E-state index in [4.69, 9.17) is 15.0 Å². The summed E-state index contributed by atoms with van der Waals surface area (Å²) in [6.07, 6.45) is 20.5. The highest BCUT2D eigenvalue weighted by atomic mass is 32.2. The normalized spacial score (nSPS) is 12.0. The number of benzene rings is 5. The number of hydrogen-bond donors (Lipinski definition) is 4. The lowest BCUT2D eigenvalue weighted by Crippen LogP contribution is -2.36. The van der Waals surface area contributed by atoms with Gasteiger partial charge >= 0.3 is 0 Å². The van der Waals surface area contributed by atoms with E-state index >= 15 is 0 Å². The largest absolute Gasteiger partial charge is 0.375 e. The summed E-state index contributed by atoms with van der Waals surface area (Å²) in [6, 6.07) is 36.7. The van der Waals surface area contributed by atoms with Crippen LogP contribution in [0, 0.1) is 63.2 Å². The number of nitrogens with one attached hydrogen (secondary N) is 4. The molecule has 0 bridgehead atoms. The van der Waals surface area contributed by atoms with Gasteiger partial charge in [-0.2, -0.15) is 30.6 Å². The lowest BCUT2D eigenvalue weighted by Gasteiger charge is -2.21. The van der Waals surface area contributed by atoms with Gasteiger partial charge in [-0.3, -0.25) is 51.7 Å². The number of nitrogens with zero attached hydrogens (tertiary/aromatic N) is 21. The van der Waals surface area contributed by atoms with Gasteiger partial charge in [0.15, 0.2) is 16.9 Å². The number of hydrogen-bond acceptors (Lipinski definition) is 20. The number of para-hydroxylation sites is 2. The van der Waals surface area contributed by atoms with Gasteiger partial charge in [0.2, 0.25) is 10.0 Å². The number of aromatic nitrogens is 21. The van der Waals surface area contributed by atoms with Crippen LogP contribution in [0.2, 0.25) is 0 Å². The van der Waals surface area contributed by atoms with Crippen molar-refractivity contribution in [3.63, 3.8) is 0 Å². The molecule has 32 nitrogen and oxygen atoms in total. The molecule has 12 heterocycles. The second-order valence-electron chi connectivity index (χ2n) is 28.7. The molecule has 0 saturated heterocycles. The van der Waals surface area contributed by atoms with E-state index in [1.807, 2.05) is 138 Å². The molecule has 0 spiro atoms. The van der Waals surface area contributed by atoms with Crippen molar-refractivity contribution in [1.82, 2.24) is 122 Å². The van der Waals surface area contributed by atoms with Gasteiger partial charge in [0.25, 0.3) is 28.5 Å². The molecule has 608 valence electrons. The van der Waals surface area contributed by atoms with Crippen LogP contribution in [0.5, 0.6) is 0 Å². The summed E-state index contributed by atoms with van der Waals surface area (Å²) < 4.78 is 41.2. The molecule has 0 aliphatic rings. The van der Waals surface area contributed by atoms with Gasteiger partial charge < -0.3 is 16.0 Å². The summed E-state index contributed by atoms with van der Waals surface area (Å²) >= 11 is 0. The van der Waals surface area contributed by atoms with Gasteiger partial charge in [-0.1, -0.05) is 96.7 Å². The van der Waals surface area contributed by atoms with Gasteiger partial charge in [0, 0.05) is 105 Å². The maximum absolute atomic E-state index is 14.3. The second kappa shape index (κ2) is 34.3. The Morgan fingerprint density at radius 3 is 1.43 bits per heavy atom. The minimum absolute atomic E-state index is 0.192. The van der Waals surface area contributed by atoms with Crippen molar-refractivity contribution >= 4 is 77.2 Å². The van der Waals surface area contributed by atoms with E-state index < -0.39 is 33.6 Å². The highest BCUT2D eigenvalue weighted by molar-refractivity contribution is 7.89. The first-order valence-corrected chi connectivity index (χ1v) is 40.1. The van der Waals surface area contributed by atoms with Crippen molar-refractivity contribution < 1.29 is 18.0 Å². The highest BCUT2D eigenvalue weighted by Gasteiger charge is 2.29. The summed E-state index contributed by atoms with van der Waals surface area (Å²) in [5.41, 5.74) is 12.1. The van der Waals surface area contributed by atoms with Crippen molar-refractivity contribution in [2.45, 2.75) is 73.1 Å². The Bertz CT molecular complexity index is 7560. The average Bonchev–Trinajstić information content (AvgIpc) is 1.12. The Labute approximate surface area is 697 Å². The molecule has 0 aliphatic heterocycles. The third-order valence-electron chi connectivity index (χ3n) is 20.0. The van der Waals surface area contributed by atoms with E-state index in [0.717, 1.165) is 27.9 Å². The van der Waals surface area contributed by atoms with Gasteiger partial charge in [-0.25, -0.2) is 56.6 Å². The van der Waals surface area contributed by atoms with Crippen molar-refractivity contribution in [3.8, 4) is 46.9 Å². The molecule has 5 aromatic carbocycles. The second-order valence-corrected chi connectivity index (χ2v) is 30.7. The van der Waals surface area contributed by atoms with Gasteiger partial charge in [-0.05, 0) is 134 Å². The van der Waals surface area contributed by atoms with Crippen LogP contribution in [-0.2, 0) is 37.7 Å². The lowest BCUT2D eigenvalue weighted by atomic mass is 10.1. The standard InChI is InChI=1S/C31H26N8O2.C31H26N8O.C27H27N9O4S/c1-19-9-5-6-12-25(19)39-28(21(3)34-30(40)26-20(2)36-38-16-8-15-32-29(26)38)35-24-11-7-10-23(27(24)31(39)41)14-13-22-17-33-37(4)18-22;1-20-15-16-32-30-26(18-34-39(20)30)21(2)35-22(3)29-36-27-12-8-9-24(14-13-23-17-33-37(4)19-23)28(27)31(40)38(29)25-10-6-5-7-11-25;1-17-22(25-29-11-6-12-36(25)33-17)26(37)31-18(2)24-32-21-8-5-7-20(10-9-19-15-30-34(4)16-19)23(21)27(38)35(24)13-14-41(39,40)28-3/h5-12,15-18,21H,1-4H3,(H,34,40);5-12,15-19,22,35H,2H2,1,3-4H3;5-8,11-12,15-16,18,28H,13-14H2,1-4H3,(H,31,37)/t21-;22-;18-/m000/s1. The predicted molar refractivity (Wildman–Crippen MR) is 461 cm³/mol. The zero-order valence-corrected chi connectivity index (χ0v) is 68.9. The third kappa shape index (κ3) is 16.7. The predicted octanol–water partition coefficient (Wildman–Crippen LogP) is 8.78. The Morgan fingerprint density at radius 2 is 0.934 bits per heavy atom. The van der Waals surface area contributed by atoms with Crippen LogP contribution in [0.15, 0.2) is 223 Å². The van der Waals surface area contributed by atoms with E-state index in [-0.39, 0.29) is 52.1 Å². The first-order valence-electron chi connectivity index (χ1n) is 38.5. The molecule has 17 rings (SSSR count). The first kappa shape index (κ1) is 81.2. The molecule has 33 heteroatoms. The van der Waals surface area contributed by atoms with Crippen LogP contribution in [0.3, 0.4) is 0 Å². The fraction of sp³-hybridized carbons (Fsp3) is 0.180. The molecule has 0 fully saturated rings. The van der Waals surface area contributed by atoms with Crippen LogP contribution in [0.4, 0.5) is 0 Å². The quantitative estimate of drug-likeness (QED) is 0.0656. The topological polar surface area (TPSA) is 365 Å². The van der Waals surface area contributed by atoms with E-state index in [9.17, 15) is 32.4 Å². The van der Waals surface area contributed by atoms with E-state index in [2.05, 4.69) is 108 Å². The minimum Gasteiger partial charge on any atom is -0.375 e. The molecular weight excluding hydrogens is 1560 g/mol. The van der Waals surface area contributed by atoms with Gasteiger partial charge in [-0.15, -0.1) is 0 Å². The number of carbonyl (C=O) groups is 2. The lowest BCUT2D eigenvalue weighted by molar-refractivity contribution is 0.0930. The Hall–Kier alpha value is -15.9. The monoisotopic (exact) mass is 1640 g/mol. The van der Waals surface area contributed by atoms with Crippen LogP contribution in [0.25, 0.3) is 66.7 Å². The zero-order valence-electron chi connectivity index (χ0n) is 68.1. The highest BCUT2D eigenvalue weighted by Crippen LogP contribution is 2.28. The number of sulfonamides is 1. The fourth-order valence-electron chi connectivity index (χ4n) is 14.1. The summed E-state index contributed by atoms with van der Waals surface area (Å²) in [7, 11) is 3.09. The molecular formula is C89H79N25O7S. The molecule has 0 saturated carbocycles. The molecule has 4 N–H and O–H groups in total. The number of aryl methyl sites for hydroxylation is 7. The van der Waals surface area contributed by atoms with Crippen LogP contribution in [0.1, 0.15) is 139 Å². The molecule has 0 unspecified atom stereocenters. The molecule has 0 aliphatic carbocycles. The van der Waals surface area contributed by atoms with E-state index in [0.29, 0.717) is 112 Å². The van der Waals surface area contributed by atoms with Crippen molar-refractivity contribution in [1.29, 1.82) is 0 Å². The number of amides is 2. The summed E-state index contributed by atoms with van der Waals surface area (Å²) in [5.74, 6) is 18.5. The Balaban J connectivity index is 0.000000142. The smallest absolute Gasteiger partial charge is 0.267 e. The molecule has 17 aromatic rings. The van der Waals surface area contributed by atoms with Crippen molar-refractivity contribution in [3.05, 3.63) is 330 Å². The van der Waals surface area contributed by atoms with Crippen molar-refractivity contribution in [2.75, 3.05) is 12.8 Å².